The Morgan fingerprint density at radius 3 is 2.97 bits per heavy atom. The molecule has 30 heavy (non-hydrogen) atoms. The highest BCUT2D eigenvalue weighted by molar-refractivity contribution is 5.78. The van der Waals surface area contributed by atoms with Gasteiger partial charge < -0.3 is 14.8 Å². The highest BCUT2D eigenvalue weighted by Gasteiger charge is 2.24. The number of fused-ring (bicyclic) bond motifs is 1. The molecule has 1 fully saturated rings. The molecule has 1 aromatic heterocycles. The van der Waals surface area contributed by atoms with Crippen LogP contribution in [0.25, 0.3) is 0 Å². The summed E-state index contributed by atoms with van der Waals surface area (Å²) in [5.74, 6) is 1.98. The number of likely N-dealkylation sites (tertiary alicyclic amines) is 1. The second-order valence-corrected chi connectivity index (χ2v) is 8.48. The van der Waals surface area contributed by atoms with E-state index in [1.165, 1.54) is 6.07 Å². The summed E-state index contributed by atoms with van der Waals surface area (Å²) >= 11 is 0. The predicted molar refractivity (Wildman–Crippen MR) is 112 cm³/mol. The first-order valence-corrected chi connectivity index (χ1v) is 10.9. The quantitative estimate of drug-likeness (QED) is 0.776. The van der Waals surface area contributed by atoms with Gasteiger partial charge in [0.15, 0.2) is 0 Å². The van der Waals surface area contributed by atoms with Crippen LogP contribution in [0, 0.1) is 11.7 Å². The van der Waals surface area contributed by atoms with Gasteiger partial charge in [-0.05, 0) is 44.1 Å². The van der Waals surface area contributed by atoms with Crippen molar-refractivity contribution in [3.8, 4) is 0 Å². The van der Waals surface area contributed by atoms with Crippen LogP contribution in [0.15, 0.2) is 24.3 Å². The number of aromatic nitrogens is 3. The maximum atomic E-state index is 13.5. The van der Waals surface area contributed by atoms with Crippen LogP contribution >= 0.6 is 0 Å². The Bertz CT molecular complexity index is 869. The van der Waals surface area contributed by atoms with Crippen LogP contribution in [0.3, 0.4) is 0 Å². The molecule has 0 radical (unpaired) electrons. The summed E-state index contributed by atoms with van der Waals surface area (Å²) < 4.78 is 15.6. The van der Waals surface area contributed by atoms with Gasteiger partial charge in [-0.1, -0.05) is 12.1 Å². The molecule has 8 heteroatoms. The molecule has 0 saturated carbocycles. The first-order chi connectivity index (χ1) is 14.6. The second kappa shape index (κ2) is 9.66. The van der Waals surface area contributed by atoms with Gasteiger partial charge >= 0.3 is 0 Å². The summed E-state index contributed by atoms with van der Waals surface area (Å²) in [6.45, 7) is 5.80. The van der Waals surface area contributed by atoms with Gasteiger partial charge in [0.1, 0.15) is 17.5 Å². The van der Waals surface area contributed by atoms with Crippen molar-refractivity contribution < 1.29 is 9.18 Å². The molecule has 0 aliphatic carbocycles. The van der Waals surface area contributed by atoms with Gasteiger partial charge in [-0.3, -0.25) is 9.69 Å². The molecule has 1 atom stereocenters. The lowest BCUT2D eigenvalue weighted by Crippen LogP contribution is -2.42. The average molecular weight is 415 g/mol. The maximum Gasteiger partial charge on any atom is 0.224 e. The fraction of sp³-hybridized carbons (Fsp3) is 0.591. The van der Waals surface area contributed by atoms with Crippen LogP contribution in [-0.4, -0.2) is 70.2 Å². The van der Waals surface area contributed by atoms with Crippen molar-refractivity contribution in [3.63, 3.8) is 0 Å². The maximum absolute atomic E-state index is 13.5. The monoisotopic (exact) mass is 414 g/mol. The van der Waals surface area contributed by atoms with Crippen LogP contribution in [-0.2, 0) is 30.7 Å². The fourth-order valence-corrected chi connectivity index (χ4v) is 4.49. The Morgan fingerprint density at radius 1 is 1.23 bits per heavy atom. The van der Waals surface area contributed by atoms with Gasteiger partial charge in [0, 0.05) is 52.1 Å². The molecule has 0 spiro atoms. The fourth-order valence-electron chi connectivity index (χ4n) is 4.49. The second-order valence-electron chi connectivity index (χ2n) is 8.48. The van der Waals surface area contributed by atoms with E-state index in [9.17, 15) is 9.18 Å². The van der Waals surface area contributed by atoms with Gasteiger partial charge in [-0.25, -0.2) is 4.39 Å². The van der Waals surface area contributed by atoms with Crippen molar-refractivity contribution in [1.82, 2.24) is 29.9 Å². The minimum atomic E-state index is -0.191. The van der Waals surface area contributed by atoms with Crippen molar-refractivity contribution >= 4 is 5.91 Å². The number of carbonyl (C=O) groups is 1. The number of carbonyl (C=O) groups excluding carboxylic acids is 1. The van der Waals surface area contributed by atoms with E-state index in [-0.39, 0.29) is 17.6 Å². The number of nitrogens with zero attached hydrogens (tertiary/aromatic N) is 5. The highest BCUT2D eigenvalue weighted by Crippen LogP contribution is 2.16. The third-order valence-electron chi connectivity index (χ3n) is 6.13. The molecule has 7 nitrogen and oxygen atoms in total. The summed E-state index contributed by atoms with van der Waals surface area (Å²) in [5, 5.41) is 11.8. The van der Waals surface area contributed by atoms with Crippen molar-refractivity contribution in [2.45, 2.75) is 38.8 Å². The Kier molecular flexibility index (Phi) is 6.74. The summed E-state index contributed by atoms with van der Waals surface area (Å²) in [4.78, 5) is 17.0. The molecule has 162 valence electrons. The molecule has 2 aromatic rings. The predicted octanol–water partition coefficient (Wildman–Crippen LogP) is 1.48. The lowest BCUT2D eigenvalue weighted by molar-refractivity contribution is -0.126. The molecular formula is C22H31FN6O. The van der Waals surface area contributed by atoms with E-state index < -0.39 is 0 Å². The number of hydrogen-bond acceptors (Lipinski definition) is 5. The summed E-state index contributed by atoms with van der Waals surface area (Å²) in [6.07, 6.45) is 3.56. The molecule has 2 aliphatic rings. The van der Waals surface area contributed by atoms with Crippen LogP contribution in [0.1, 0.15) is 30.1 Å². The summed E-state index contributed by atoms with van der Waals surface area (Å²) in [6, 6.07) is 6.80. The molecule has 1 unspecified atom stereocenters. The van der Waals surface area contributed by atoms with Crippen LogP contribution in [0.2, 0.25) is 0 Å². The van der Waals surface area contributed by atoms with E-state index in [2.05, 4.69) is 36.9 Å². The minimum Gasteiger partial charge on any atom is -0.355 e. The van der Waals surface area contributed by atoms with Gasteiger partial charge in [0.25, 0.3) is 0 Å². The SMILES string of the molecule is CN1CCCC(C(=O)NCCc2nnc3n2CCN(Cc2cccc(F)c2)CC3)C1. The lowest BCUT2D eigenvalue weighted by Gasteiger charge is -2.28. The number of hydrogen-bond donors (Lipinski definition) is 1. The Hall–Kier alpha value is -2.32. The number of amides is 1. The van der Waals surface area contributed by atoms with E-state index in [1.54, 1.807) is 12.1 Å². The van der Waals surface area contributed by atoms with Crippen molar-refractivity contribution in [2.24, 2.45) is 5.92 Å². The third kappa shape index (κ3) is 5.23. The van der Waals surface area contributed by atoms with Crippen molar-refractivity contribution in [2.75, 3.05) is 39.8 Å². The highest BCUT2D eigenvalue weighted by atomic mass is 19.1. The van der Waals surface area contributed by atoms with Crippen molar-refractivity contribution in [3.05, 3.63) is 47.3 Å². The molecule has 4 rings (SSSR count). The van der Waals surface area contributed by atoms with Crippen LogP contribution in [0.5, 0.6) is 0 Å². The zero-order valence-corrected chi connectivity index (χ0v) is 17.7. The number of piperidine rings is 1. The Balaban J connectivity index is 1.28. The zero-order valence-electron chi connectivity index (χ0n) is 17.7. The smallest absolute Gasteiger partial charge is 0.224 e. The molecule has 3 heterocycles. The minimum absolute atomic E-state index is 0.0932. The first-order valence-electron chi connectivity index (χ1n) is 10.9. The largest absolute Gasteiger partial charge is 0.355 e. The van der Waals surface area contributed by atoms with E-state index in [0.717, 1.165) is 75.7 Å². The topological polar surface area (TPSA) is 66.3 Å². The number of nitrogens with one attached hydrogen (secondary N) is 1. The molecule has 1 aromatic carbocycles. The normalized spacial score (nSPS) is 20.5. The molecule has 0 bridgehead atoms. The molecular weight excluding hydrogens is 383 g/mol. The molecule has 1 saturated heterocycles. The standard InChI is InChI=1S/C22H31FN6O/c1-27-10-3-5-18(16-27)22(30)24-9-7-20-25-26-21-8-11-28(12-13-29(20)21)15-17-4-2-6-19(23)14-17/h2,4,6,14,18H,3,5,7-13,15-16H2,1H3,(H,24,30). The summed E-state index contributed by atoms with van der Waals surface area (Å²) in [5.41, 5.74) is 0.990. The number of rotatable bonds is 6. The average Bonchev–Trinajstić information content (AvgIpc) is 3.00. The number of halogens is 1. The van der Waals surface area contributed by atoms with E-state index >= 15 is 0 Å². The van der Waals surface area contributed by atoms with Gasteiger partial charge in [0.05, 0.1) is 5.92 Å². The zero-order chi connectivity index (χ0) is 20.9. The number of benzene rings is 1. The Labute approximate surface area is 177 Å². The van der Waals surface area contributed by atoms with Crippen LogP contribution < -0.4 is 5.32 Å². The van der Waals surface area contributed by atoms with Crippen LogP contribution in [0.4, 0.5) is 4.39 Å². The summed E-state index contributed by atoms with van der Waals surface area (Å²) in [7, 11) is 2.07. The molecule has 1 N–H and O–H groups in total. The Morgan fingerprint density at radius 2 is 2.13 bits per heavy atom. The van der Waals surface area contributed by atoms with Gasteiger partial charge in [-0.15, -0.1) is 10.2 Å². The molecule has 1 amide bonds. The van der Waals surface area contributed by atoms with E-state index in [1.807, 2.05) is 6.07 Å². The van der Waals surface area contributed by atoms with E-state index in [0.29, 0.717) is 13.0 Å². The first kappa shape index (κ1) is 20.9. The van der Waals surface area contributed by atoms with E-state index in [4.69, 9.17) is 0 Å². The molecule has 2 aliphatic heterocycles. The van der Waals surface area contributed by atoms with Gasteiger partial charge in [0.2, 0.25) is 5.91 Å². The third-order valence-corrected chi connectivity index (χ3v) is 6.13. The lowest BCUT2D eigenvalue weighted by atomic mass is 9.97. The van der Waals surface area contributed by atoms with Gasteiger partial charge in [-0.2, -0.15) is 0 Å². The van der Waals surface area contributed by atoms with Crippen molar-refractivity contribution in [1.29, 1.82) is 0 Å².